The molecular weight excluding hydrogens is 304 g/mol. The van der Waals surface area contributed by atoms with E-state index in [1.807, 2.05) is 6.92 Å². The van der Waals surface area contributed by atoms with Gasteiger partial charge in [-0.15, -0.1) is 0 Å². The number of aliphatic hydroxyl groups is 4. The molecule has 0 aromatic heterocycles. The van der Waals surface area contributed by atoms with E-state index in [2.05, 4.69) is 19.9 Å². The monoisotopic (exact) mass is 338 g/mol. The fourth-order valence-corrected chi connectivity index (χ4v) is 6.46. The molecule has 4 nitrogen and oxygen atoms in total. The van der Waals surface area contributed by atoms with Crippen LogP contribution in [0, 0.1) is 28.1 Å². The minimum absolute atomic E-state index is 0.00469. The van der Waals surface area contributed by atoms with E-state index in [0.29, 0.717) is 18.3 Å². The molecule has 0 spiro atoms. The Labute approximate surface area is 145 Å². The van der Waals surface area contributed by atoms with Crippen LogP contribution in [0.15, 0.2) is 11.6 Å². The van der Waals surface area contributed by atoms with Crippen molar-refractivity contribution in [3.8, 4) is 0 Å². The van der Waals surface area contributed by atoms with Gasteiger partial charge in [0.1, 0.15) is 0 Å². The van der Waals surface area contributed by atoms with E-state index in [1.165, 1.54) is 5.57 Å². The highest BCUT2D eigenvalue weighted by atomic mass is 16.3. The summed E-state index contributed by atoms with van der Waals surface area (Å²) in [4.78, 5) is 0. The van der Waals surface area contributed by atoms with Crippen molar-refractivity contribution in [3.05, 3.63) is 11.6 Å². The SMILES string of the molecule is CC1(C(O)CO)C=C2CCC3C(C)(CO)CC(O)CC3(C)C2CC1. The van der Waals surface area contributed by atoms with Crippen molar-refractivity contribution in [3.63, 3.8) is 0 Å². The summed E-state index contributed by atoms with van der Waals surface area (Å²) in [6, 6.07) is 0. The molecule has 7 unspecified atom stereocenters. The lowest BCUT2D eigenvalue weighted by Gasteiger charge is -2.61. The number of rotatable bonds is 3. The van der Waals surface area contributed by atoms with Gasteiger partial charge in [-0.25, -0.2) is 0 Å². The Hall–Kier alpha value is -0.420. The van der Waals surface area contributed by atoms with Crippen LogP contribution in [0.2, 0.25) is 0 Å². The maximum atomic E-state index is 10.5. The Morgan fingerprint density at radius 2 is 1.88 bits per heavy atom. The summed E-state index contributed by atoms with van der Waals surface area (Å²) in [5.74, 6) is 0.837. The van der Waals surface area contributed by atoms with Gasteiger partial charge in [0.15, 0.2) is 0 Å². The summed E-state index contributed by atoms with van der Waals surface area (Å²) in [5, 5.41) is 40.1. The predicted octanol–water partition coefficient (Wildman–Crippen LogP) is 2.25. The molecule has 7 atom stereocenters. The number of aliphatic hydroxyl groups excluding tert-OH is 4. The van der Waals surface area contributed by atoms with Gasteiger partial charge >= 0.3 is 0 Å². The van der Waals surface area contributed by atoms with Crippen molar-refractivity contribution in [1.29, 1.82) is 0 Å². The second-order valence-electron chi connectivity index (χ2n) is 9.49. The number of allylic oxidation sites excluding steroid dienone is 1. The third kappa shape index (κ3) is 2.66. The molecule has 0 heterocycles. The van der Waals surface area contributed by atoms with Gasteiger partial charge in [0.25, 0.3) is 0 Å². The maximum Gasteiger partial charge on any atom is 0.0858 e. The predicted molar refractivity (Wildman–Crippen MR) is 93.3 cm³/mol. The quantitative estimate of drug-likeness (QED) is 0.595. The molecule has 0 aliphatic heterocycles. The maximum absolute atomic E-state index is 10.5. The van der Waals surface area contributed by atoms with Gasteiger partial charge in [0.05, 0.1) is 18.8 Å². The molecule has 2 fully saturated rings. The first-order chi connectivity index (χ1) is 11.2. The van der Waals surface area contributed by atoms with Gasteiger partial charge in [-0.1, -0.05) is 32.4 Å². The van der Waals surface area contributed by atoms with Crippen molar-refractivity contribution in [2.75, 3.05) is 13.2 Å². The molecule has 3 aliphatic rings. The third-order valence-electron chi connectivity index (χ3n) is 7.76. The van der Waals surface area contributed by atoms with E-state index >= 15 is 0 Å². The summed E-state index contributed by atoms with van der Waals surface area (Å²) in [6.45, 7) is 6.41. The first kappa shape index (κ1) is 18.4. The Morgan fingerprint density at radius 3 is 2.50 bits per heavy atom. The summed E-state index contributed by atoms with van der Waals surface area (Å²) in [6.07, 6.45) is 6.54. The second-order valence-corrected chi connectivity index (χ2v) is 9.49. The highest BCUT2D eigenvalue weighted by Gasteiger charge is 2.57. The molecule has 138 valence electrons. The molecule has 2 saturated carbocycles. The summed E-state index contributed by atoms with van der Waals surface area (Å²) >= 11 is 0. The van der Waals surface area contributed by atoms with Gasteiger partial charge in [-0.2, -0.15) is 0 Å². The van der Waals surface area contributed by atoms with Crippen LogP contribution in [-0.4, -0.2) is 45.8 Å². The van der Waals surface area contributed by atoms with E-state index in [-0.39, 0.29) is 35.6 Å². The van der Waals surface area contributed by atoms with Gasteiger partial charge in [0.2, 0.25) is 0 Å². The zero-order valence-electron chi connectivity index (χ0n) is 15.3. The Balaban J connectivity index is 1.95. The molecule has 3 rings (SSSR count). The molecule has 0 bridgehead atoms. The average Bonchev–Trinajstić information content (AvgIpc) is 2.52. The molecule has 0 amide bonds. The largest absolute Gasteiger partial charge is 0.396 e. The normalized spacial score (nSPS) is 49.8. The summed E-state index contributed by atoms with van der Waals surface area (Å²) in [7, 11) is 0. The average molecular weight is 338 g/mol. The van der Waals surface area contributed by atoms with Crippen molar-refractivity contribution in [2.45, 2.75) is 71.5 Å². The summed E-state index contributed by atoms with van der Waals surface area (Å²) < 4.78 is 0. The zero-order valence-corrected chi connectivity index (χ0v) is 15.3. The van der Waals surface area contributed by atoms with Gasteiger partial charge < -0.3 is 20.4 Å². The first-order valence-corrected chi connectivity index (χ1v) is 9.48. The molecule has 4 N–H and O–H groups in total. The number of fused-ring (bicyclic) bond motifs is 3. The van der Waals surface area contributed by atoms with Crippen LogP contribution in [0.1, 0.15) is 59.3 Å². The van der Waals surface area contributed by atoms with Crippen LogP contribution in [0.3, 0.4) is 0 Å². The van der Waals surface area contributed by atoms with E-state index in [9.17, 15) is 20.4 Å². The Bertz CT molecular complexity index is 518. The van der Waals surface area contributed by atoms with E-state index in [4.69, 9.17) is 0 Å². The number of hydrogen-bond acceptors (Lipinski definition) is 4. The molecule has 0 radical (unpaired) electrons. The fourth-order valence-electron chi connectivity index (χ4n) is 6.46. The summed E-state index contributed by atoms with van der Waals surface area (Å²) in [5.41, 5.74) is 0.843. The van der Waals surface area contributed by atoms with Crippen LogP contribution in [0.5, 0.6) is 0 Å². The third-order valence-corrected chi connectivity index (χ3v) is 7.76. The van der Waals surface area contributed by atoms with Crippen LogP contribution in [0.25, 0.3) is 0 Å². The topological polar surface area (TPSA) is 80.9 Å². The minimum atomic E-state index is -0.712. The first-order valence-electron chi connectivity index (χ1n) is 9.48. The minimum Gasteiger partial charge on any atom is -0.396 e. The Morgan fingerprint density at radius 1 is 1.17 bits per heavy atom. The van der Waals surface area contributed by atoms with Crippen molar-refractivity contribution >= 4 is 0 Å². The van der Waals surface area contributed by atoms with Crippen molar-refractivity contribution in [2.24, 2.45) is 28.1 Å². The lowest BCUT2D eigenvalue weighted by molar-refractivity contribution is -0.134. The number of hydrogen-bond donors (Lipinski definition) is 4. The zero-order chi connectivity index (χ0) is 17.8. The lowest BCUT2D eigenvalue weighted by atomic mass is 9.44. The molecule has 4 heteroatoms. The van der Waals surface area contributed by atoms with E-state index in [0.717, 1.165) is 32.1 Å². The lowest BCUT2D eigenvalue weighted by Crippen LogP contribution is -2.56. The van der Waals surface area contributed by atoms with Gasteiger partial charge in [-0.3, -0.25) is 0 Å². The highest BCUT2D eigenvalue weighted by molar-refractivity contribution is 5.25. The van der Waals surface area contributed by atoms with E-state index < -0.39 is 6.10 Å². The molecule has 24 heavy (non-hydrogen) atoms. The van der Waals surface area contributed by atoms with Gasteiger partial charge in [-0.05, 0) is 61.2 Å². The van der Waals surface area contributed by atoms with E-state index in [1.54, 1.807) is 0 Å². The molecule has 0 aromatic rings. The van der Waals surface area contributed by atoms with Crippen LogP contribution in [0.4, 0.5) is 0 Å². The molecule has 3 aliphatic carbocycles. The fraction of sp³-hybridized carbons (Fsp3) is 0.900. The van der Waals surface area contributed by atoms with Crippen LogP contribution >= 0.6 is 0 Å². The van der Waals surface area contributed by atoms with Crippen molar-refractivity contribution < 1.29 is 20.4 Å². The molecule has 0 aromatic carbocycles. The standard InChI is InChI=1S/C20H34O4/c1-18(17(24)11-21)7-6-15-13(8-18)4-5-16-19(2,12-22)9-14(23)10-20(15,16)3/h8,14-17,21-24H,4-7,9-12H2,1-3H3. The Kier molecular flexibility index (Phi) is 4.66. The van der Waals surface area contributed by atoms with Crippen LogP contribution in [-0.2, 0) is 0 Å². The molecular formula is C20H34O4. The van der Waals surface area contributed by atoms with Crippen molar-refractivity contribution in [1.82, 2.24) is 0 Å². The van der Waals surface area contributed by atoms with Gasteiger partial charge in [0, 0.05) is 12.0 Å². The smallest absolute Gasteiger partial charge is 0.0858 e. The molecule has 0 saturated heterocycles. The second kappa shape index (κ2) is 6.08. The van der Waals surface area contributed by atoms with Crippen LogP contribution < -0.4 is 0 Å². The highest BCUT2D eigenvalue weighted by Crippen LogP contribution is 2.63.